The smallest absolute Gasteiger partial charge is 0.222 e. The van der Waals surface area contributed by atoms with Crippen molar-refractivity contribution in [3.63, 3.8) is 0 Å². The number of pyridine rings is 1. The Bertz CT molecular complexity index is 1490. The zero-order valence-electron chi connectivity index (χ0n) is 24.2. The number of rotatable bonds is 10. The predicted octanol–water partition coefficient (Wildman–Crippen LogP) is 6.48. The van der Waals surface area contributed by atoms with E-state index in [-0.39, 0.29) is 11.3 Å². The van der Waals surface area contributed by atoms with Crippen LogP contribution in [-0.4, -0.2) is 42.9 Å². The largest absolute Gasteiger partial charge is 0.457 e. The molecule has 5 rings (SSSR count). The molecule has 1 aliphatic carbocycles. The molecule has 0 radical (unpaired) electrons. The summed E-state index contributed by atoms with van der Waals surface area (Å²) in [6, 6.07) is 11.7. The third-order valence-electron chi connectivity index (χ3n) is 7.13. The Labute approximate surface area is 235 Å². The van der Waals surface area contributed by atoms with E-state index in [2.05, 4.69) is 54.1 Å². The van der Waals surface area contributed by atoms with E-state index in [0.29, 0.717) is 35.4 Å². The Hall–Kier alpha value is -3.92. The molecule has 4 aromatic rings. The molecule has 0 unspecified atom stereocenters. The second-order valence-corrected chi connectivity index (χ2v) is 11.5. The third kappa shape index (κ3) is 6.12. The predicted molar refractivity (Wildman–Crippen MR) is 156 cm³/mol. The van der Waals surface area contributed by atoms with E-state index in [9.17, 15) is 4.79 Å². The molecule has 40 heavy (non-hydrogen) atoms. The average molecular weight is 546 g/mol. The standard InChI is InChI=1S/C30H39N7O3/c1-7-8-13-39-23-14-20(15-23)37-26(30(3,4)5)18-28(35-37)34-29-33-24-10-9-21(16-25(24)36(29)6)40-22-11-12-31-27(17-22)32-19(2)38/h9-12,16-18,20,23H,7-8,13-15H2,1-6H3,(H,31,32,38)(H,33,34,35)/t20-,23-. The summed E-state index contributed by atoms with van der Waals surface area (Å²) < 4.78 is 16.2. The van der Waals surface area contributed by atoms with Crippen LogP contribution in [0.25, 0.3) is 11.0 Å². The van der Waals surface area contributed by atoms with Crippen LogP contribution in [0.2, 0.25) is 0 Å². The van der Waals surface area contributed by atoms with E-state index in [1.807, 2.05) is 29.8 Å². The van der Waals surface area contributed by atoms with Gasteiger partial charge in [-0.3, -0.25) is 9.48 Å². The molecule has 1 fully saturated rings. The van der Waals surface area contributed by atoms with Crippen LogP contribution in [0.3, 0.4) is 0 Å². The van der Waals surface area contributed by atoms with Crippen molar-refractivity contribution >= 4 is 34.5 Å². The Morgan fingerprint density at radius 2 is 1.88 bits per heavy atom. The number of aromatic nitrogens is 5. The van der Waals surface area contributed by atoms with Gasteiger partial charge in [-0.15, -0.1) is 0 Å². The van der Waals surface area contributed by atoms with Crippen molar-refractivity contribution < 1.29 is 14.3 Å². The van der Waals surface area contributed by atoms with Crippen LogP contribution >= 0.6 is 0 Å². The molecule has 1 aliphatic rings. The van der Waals surface area contributed by atoms with Crippen molar-refractivity contribution in [3.05, 3.63) is 48.3 Å². The molecule has 0 bridgehead atoms. The molecule has 1 amide bonds. The van der Waals surface area contributed by atoms with Gasteiger partial charge in [-0.1, -0.05) is 34.1 Å². The first-order valence-corrected chi connectivity index (χ1v) is 14.0. The zero-order chi connectivity index (χ0) is 28.4. The highest BCUT2D eigenvalue weighted by molar-refractivity contribution is 5.87. The van der Waals surface area contributed by atoms with Crippen LogP contribution in [0.15, 0.2) is 42.6 Å². The Balaban J connectivity index is 1.33. The lowest BCUT2D eigenvalue weighted by molar-refractivity contribution is -0.114. The highest BCUT2D eigenvalue weighted by Crippen LogP contribution is 2.39. The zero-order valence-corrected chi connectivity index (χ0v) is 24.2. The number of nitrogens with zero attached hydrogens (tertiary/aromatic N) is 5. The number of carbonyl (C=O) groups is 1. The number of carbonyl (C=O) groups excluding carboxylic acids is 1. The second-order valence-electron chi connectivity index (χ2n) is 11.5. The van der Waals surface area contributed by atoms with Gasteiger partial charge in [0.1, 0.15) is 17.3 Å². The van der Waals surface area contributed by atoms with Crippen LogP contribution < -0.4 is 15.4 Å². The summed E-state index contributed by atoms with van der Waals surface area (Å²) >= 11 is 0. The molecule has 1 saturated carbocycles. The minimum Gasteiger partial charge on any atom is -0.457 e. The van der Waals surface area contributed by atoms with Gasteiger partial charge in [0.05, 0.1) is 23.2 Å². The number of fused-ring (bicyclic) bond motifs is 1. The molecule has 3 aromatic heterocycles. The normalized spacial score (nSPS) is 17.1. The van der Waals surface area contributed by atoms with E-state index >= 15 is 0 Å². The SMILES string of the molecule is CCCCO[C@H]1C[C@H](n2nc(Nc3nc4ccc(Oc5ccnc(NC(C)=O)c5)cc4n3C)cc2C(C)(C)C)C1. The van der Waals surface area contributed by atoms with Gasteiger partial charge >= 0.3 is 0 Å². The van der Waals surface area contributed by atoms with E-state index < -0.39 is 0 Å². The van der Waals surface area contributed by atoms with Gasteiger partial charge in [0.25, 0.3) is 0 Å². The van der Waals surface area contributed by atoms with Crippen molar-refractivity contribution in [2.45, 2.75) is 77.9 Å². The summed E-state index contributed by atoms with van der Waals surface area (Å²) in [5.41, 5.74) is 2.90. The number of nitrogens with one attached hydrogen (secondary N) is 2. The minimum absolute atomic E-state index is 0.0492. The van der Waals surface area contributed by atoms with E-state index in [0.717, 1.165) is 49.1 Å². The van der Waals surface area contributed by atoms with Gasteiger partial charge in [-0.25, -0.2) is 9.97 Å². The number of hydrogen-bond acceptors (Lipinski definition) is 7. The van der Waals surface area contributed by atoms with Crippen molar-refractivity contribution in [2.75, 3.05) is 17.2 Å². The van der Waals surface area contributed by atoms with Crippen molar-refractivity contribution in [3.8, 4) is 11.5 Å². The number of benzene rings is 1. The van der Waals surface area contributed by atoms with Crippen LogP contribution in [-0.2, 0) is 22.0 Å². The van der Waals surface area contributed by atoms with Crippen molar-refractivity contribution in [2.24, 2.45) is 7.05 Å². The number of hydrogen-bond donors (Lipinski definition) is 2. The van der Waals surface area contributed by atoms with Gasteiger partial charge < -0.3 is 24.7 Å². The molecule has 2 N–H and O–H groups in total. The maximum atomic E-state index is 11.4. The lowest BCUT2D eigenvalue weighted by Crippen LogP contribution is -2.36. The lowest BCUT2D eigenvalue weighted by Gasteiger charge is -2.37. The maximum Gasteiger partial charge on any atom is 0.222 e. The van der Waals surface area contributed by atoms with Crippen LogP contribution in [0.4, 0.5) is 17.6 Å². The maximum absolute atomic E-state index is 11.4. The topological polar surface area (TPSA) is 108 Å². The van der Waals surface area contributed by atoms with Gasteiger partial charge in [0.15, 0.2) is 5.82 Å². The van der Waals surface area contributed by atoms with Gasteiger partial charge in [-0.05, 0) is 37.5 Å². The lowest BCUT2D eigenvalue weighted by atomic mass is 9.86. The quantitative estimate of drug-likeness (QED) is 0.220. The molecule has 3 heterocycles. The first kappa shape index (κ1) is 27.6. The number of imidazole rings is 1. The first-order valence-electron chi connectivity index (χ1n) is 14.0. The Kier molecular flexibility index (Phi) is 7.80. The van der Waals surface area contributed by atoms with Crippen molar-refractivity contribution in [1.29, 1.82) is 0 Å². The Morgan fingerprint density at radius 3 is 2.60 bits per heavy atom. The highest BCUT2D eigenvalue weighted by atomic mass is 16.5. The van der Waals surface area contributed by atoms with Crippen LogP contribution in [0, 0.1) is 0 Å². The van der Waals surface area contributed by atoms with Crippen LogP contribution in [0.1, 0.15) is 72.0 Å². The fraction of sp³-hybridized carbons (Fsp3) is 0.467. The van der Waals surface area contributed by atoms with Crippen LogP contribution in [0.5, 0.6) is 11.5 Å². The van der Waals surface area contributed by atoms with Crippen molar-refractivity contribution in [1.82, 2.24) is 24.3 Å². The summed E-state index contributed by atoms with van der Waals surface area (Å²) in [4.78, 5) is 20.3. The fourth-order valence-corrected chi connectivity index (χ4v) is 4.88. The summed E-state index contributed by atoms with van der Waals surface area (Å²) in [5, 5.41) is 11.1. The van der Waals surface area contributed by atoms with E-state index in [1.165, 1.54) is 12.6 Å². The molecule has 0 saturated heterocycles. The van der Waals surface area contributed by atoms with E-state index in [4.69, 9.17) is 19.6 Å². The number of aryl methyl sites for hydroxylation is 1. The summed E-state index contributed by atoms with van der Waals surface area (Å²) in [7, 11) is 1.97. The molecular weight excluding hydrogens is 506 g/mol. The molecule has 212 valence electrons. The molecule has 0 atom stereocenters. The van der Waals surface area contributed by atoms with Gasteiger partial charge in [0, 0.05) is 56.1 Å². The molecule has 10 nitrogen and oxygen atoms in total. The second kappa shape index (κ2) is 11.3. The summed E-state index contributed by atoms with van der Waals surface area (Å²) in [6.07, 6.45) is 6.17. The molecule has 0 aliphatic heterocycles. The summed E-state index contributed by atoms with van der Waals surface area (Å²) in [6.45, 7) is 11.1. The van der Waals surface area contributed by atoms with Gasteiger partial charge in [-0.2, -0.15) is 5.10 Å². The summed E-state index contributed by atoms with van der Waals surface area (Å²) in [5.74, 6) is 2.96. The number of amides is 1. The number of ether oxygens (including phenoxy) is 2. The molecule has 10 heteroatoms. The average Bonchev–Trinajstić information content (AvgIpc) is 3.42. The Morgan fingerprint density at radius 1 is 1.10 bits per heavy atom. The minimum atomic E-state index is -0.186. The number of anilines is 3. The highest BCUT2D eigenvalue weighted by Gasteiger charge is 2.35. The monoisotopic (exact) mass is 545 g/mol. The molecule has 0 spiro atoms. The first-order chi connectivity index (χ1) is 19.1. The number of unbranched alkanes of at least 4 members (excludes halogenated alkanes) is 1. The fourth-order valence-electron chi connectivity index (χ4n) is 4.88. The molecular formula is C30H39N7O3. The van der Waals surface area contributed by atoms with Gasteiger partial charge in [0.2, 0.25) is 11.9 Å². The third-order valence-corrected chi connectivity index (χ3v) is 7.13. The molecule has 1 aromatic carbocycles. The van der Waals surface area contributed by atoms with E-state index in [1.54, 1.807) is 18.3 Å².